The highest BCUT2D eigenvalue weighted by Gasteiger charge is 2.45. The lowest BCUT2D eigenvalue weighted by Gasteiger charge is -2.39. The molecule has 3 fully saturated rings. The van der Waals surface area contributed by atoms with E-state index in [0.717, 1.165) is 73.8 Å². The fourth-order valence-corrected chi connectivity index (χ4v) is 12.8. The number of nitro benzene ring substituents is 1. The number of fused-ring (bicyclic) bond motifs is 2. The second kappa shape index (κ2) is 23.4. The fraction of sp³-hybridized carbons (Fsp3) is 0.344. The van der Waals surface area contributed by atoms with Crippen molar-refractivity contribution in [2.75, 3.05) is 69.1 Å². The van der Waals surface area contributed by atoms with Crippen molar-refractivity contribution in [3.05, 3.63) is 152 Å². The number of anilines is 2. The number of allylic oxidation sites excluding steroid dienone is 1. The van der Waals surface area contributed by atoms with E-state index >= 15 is 0 Å². The van der Waals surface area contributed by atoms with E-state index in [-0.39, 0.29) is 52.3 Å². The summed E-state index contributed by atoms with van der Waals surface area (Å²) in [7, 11) is -4.66. The molecule has 6 aromatic rings. The molecule has 1 unspecified atom stereocenters. The van der Waals surface area contributed by atoms with Crippen LogP contribution in [0.3, 0.4) is 0 Å². The number of amides is 5. The molecule has 6 heterocycles. The van der Waals surface area contributed by atoms with E-state index in [1.807, 2.05) is 18.2 Å². The minimum Gasteiger partial charge on any atom is -0.455 e. The lowest BCUT2D eigenvalue weighted by molar-refractivity contribution is -0.384. The predicted molar refractivity (Wildman–Crippen MR) is 313 cm³/mol. The number of sulfonamides is 1. The van der Waals surface area contributed by atoms with E-state index in [2.05, 4.69) is 77.8 Å². The zero-order chi connectivity index (χ0) is 58.2. The van der Waals surface area contributed by atoms with Crippen molar-refractivity contribution in [1.82, 2.24) is 34.7 Å². The van der Waals surface area contributed by atoms with Crippen LogP contribution in [0.25, 0.3) is 16.6 Å². The van der Waals surface area contributed by atoms with Gasteiger partial charge in [0.1, 0.15) is 28.9 Å². The van der Waals surface area contributed by atoms with Crippen LogP contribution in [-0.2, 0) is 19.6 Å². The van der Waals surface area contributed by atoms with Crippen molar-refractivity contribution < 1.29 is 42.1 Å². The SMILES string of the molecule is CC1(C)CCC(CN2CCN(c3ccc(C(=O)NS(=O)(=O)c4ccc(NCC5CCN(CC#Cc6cccc7c6C(=O)N(C6CCC(=O)NC6=O)C7=O)CC5)c([N+](=O)[O-])c4)c(Oc4cnc5[nH]ccc5c4)c3)CC2)=C(c2ccc(Cl)cc2)C1. The highest BCUT2D eigenvalue weighted by Crippen LogP contribution is 2.44. The molecule has 4 aromatic carbocycles. The van der Waals surface area contributed by atoms with Gasteiger partial charge >= 0.3 is 0 Å². The number of likely N-dealkylation sites (tertiary alicyclic amines) is 1. The molecule has 11 rings (SSSR count). The largest absolute Gasteiger partial charge is 0.455 e. The van der Waals surface area contributed by atoms with Crippen LogP contribution in [0.15, 0.2) is 114 Å². The van der Waals surface area contributed by atoms with Gasteiger partial charge in [-0.05, 0) is 135 Å². The van der Waals surface area contributed by atoms with Crippen LogP contribution in [0.5, 0.6) is 11.5 Å². The van der Waals surface area contributed by atoms with Crippen molar-refractivity contribution in [1.29, 1.82) is 0 Å². The van der Waals surface area contributed by atoms with Gasteiger partial charge in [0, 0.05) is 85.7 Å². The van der Waals surface area contributed by atoms with Gasteiger partial charge in [-0.3, -0.25) is 54.1 Å². The summed E-state index contributed by atoms with van der Waals surface area (Å²) in [6, 6.07) is 23.9. The molecule has 22 heteroatoms. The van der Waals surface area contributed by atoms with Gasteiger partial charge in [0.05, 0.1) is 39.3 Å². The molecule has 2 aromatic heterocycles. The van der Waals surface area contributed by atoms with Crippen LogP contribution in [0.4, 0.5) is 17.1 Å². The Morgan fingerprint density at radius 2 is 1.69 bits per heavy atom. The second-order valence-electron chi connectivity index (χ2n) is 22.5. The fourth-order valence-electron chi connectivity index (χ4n) is 11.7. The average molecular weight is 1160 g/mol. The van der Waals surface area contributed by atoms with Crippen LogP contribution >= 0.6 is 11.6 Å². The smallest absolute Gasteiger partial charge is 0.293 e. The number of aromatic amines is 1. The molecule has 0 radical (unpaired) electrons. The number of halogens is 1. The Kier molecular flexibility index (Phi) is 15.9. The van der Waals surface area contributed by atoms with Gasteiger partial charge in [0.25, 0.3) is 33.4 Å². The van der Waals surface area contributed by atoms with E-state index in [4.69, 9.17) is 16.3 Å². The topological polar surface area (TPSA) is 250 Å². The summed E-state index contributed by atoms with van der Waals surface area (Å²) in [6.07, 6.45) is 7.89. The number of ether oxygens (including phenoxy) is 1. The van der Waals surface area contributed by atoms with Crippen LogP contribution in [0, 0.1) is 33.3 Å². The summed E-state index contributed by atoms with van der Waals surface area (Å²) in [5.41, 5.74) is 5.86. The van der Waals surface area contributed by atoms with Gasteiger partial charge in [-0.1, -0.05) is 61.1 Å². The number of imide groups is 2. The molecule has 0 spiro atoms. The van der Waals surface area contributed by atoms with E-state index in [9.17, 15) is 42.5 Å². The zero-order valence-electron chi connectivity index (χ0n) is 45.8. The summed E-state index contributed by atoms with van der Waals surface area (Å²) < 4.78 is 36.4. The second-order valence-corrected chi connectivity index (χ2v) is 24.6. The van der Waals surface area contributed by atoms with E-state index in [1.165, 1.54) is 47.2 Å². The van der Waals surface area contributed by atoms with Crippen molar-refractivity contribution in [3.8, 4) is 23.3 Å². The molecule has 1 atom stereocenters. The first kappa shape index (κ1) is 56.4. The molecule has 428 valence electrons. The number of piperidine rings is 2. The van der Waals surface area contributed by atoms with Crippen LogP contribution in [0.1, 0.15) is 101 Å². The third kappa shape index (κ3) is 12.4. The predicted octanol–water partition coefficient (Wildman–Crippen LogP) is 8.40. The van der Waals surface area contributed by atoms with Crippen LogP contribution in [0.2, 0.25) is 5.02 Å². The Bertz CT molecular complexity index is 3820. The Morgan fingerprint density at radius 3 is 2.45 bits per heavy atom. The first-order chi connectivity index (χ1) is 39.9. The number of H-pyrrole nitrogens is 1. The third-order valence-corrected chi connectivity index (χ3v) is 17.9. The number of hydrogen-bond donors (Lipinski definition) is 4. The lowest BCUT2D eigenvalue weighted by Crippen LogP contribution is -2.54. The van der Waals surface area contributed by atoms with Crippen molar-refractivity contribution in [2.24, 2.45) is 11.3 Å². The first-order valence-electron chi connectivity index (χ1n) is 27.7. The monoisotopic (exact) mass is 1160 g/mol. The number of benzene rings is 4. The maximum Gasteiger partial charge on any atom is 0.293 e. The van der Waals surface area contributed by atoms with Crippen molar-refractivity contribution in [3.63, 3.8) is 0 Å². The Morgan fingerprint density at radius 1 is 0.904 bits per heavy atom. The highest BCUT2D eigenvalue weighted by atomic mass is 35.5. The molecule has 0 saturated carbocycles. The molecule has 5 amide bonds. The van der Waals surface area contributed by atoms with E-state index in [1.54, 1.807) is 36.5 Å². The summed E-state index contributed by atoms with van der Waals surface area (Å²) >= 11 is 6.27. The quantitative estimate of drug-likeness (QED) is 0.0326. The maximum absolute atomic E-state index is 14.1. The molecular formula is C61H61ClN10O10S. The number of carbonyl (C=O) groups is 5. The molecule has 0 bridgehead atoms. The Hall–Kier alpha value is -8.42. The number of nitrogens with zero attached hydrogens (tertiary/aromatic N) is 6. The summed E-state index contributed by atoms with van der Waals surface area (Å²) in [5, 5.41) is 19.3. The van der Waals surface area contributed by atoms with Crippen LogP contribution in [-0.4, -0.2) is 132 Å². The van der Waals surface area contributed by atoms with Gasteiger partial charge in [-0.25, -0.2) is 18.1 Å². The van der Waals surface area contributed by atoms with Crippen LogP contribution < -0.4 is 25.0 Å². The number of pyridine rings is 1. The number of nitrogens with one attached hydrogen (secondary N) is 4. The molecule has 83 heavy (non-hydrogen) atoms. The van der Waals surface area contributed by atoms with Gasteiger partial charge in [-0.2, -0.15) is 0 Å². The number of rotatable bonds is 15. The number of carbonyl (C=O) groups excluding carboxylic acids is 5. The Balaban J connectivity index is 0.721. The molecule has 1 aliphatic carbocycles. The molecular weight excluding hydrogens is 1100 g/mol. The standard InChI is InChI=1S/C61H61ClN10O10S/c1-61(2)22-18-42(49(34-61)39-8-10-43(62)11-9-39)37-69-27-29-70(30-28-69)44-12-14-47(53(32-44)82-45-31-41-19-23-63-56(41)65-36-45)57(74)67-83(80,81)46-13-15-50(52(33-46)72(78)79)64-35-38-20-25-68(26-21-38)24-4-6-40-5-3-7-48-55(40)60(77)71(59(48)76)51-16-17-54(73)66-58(51)75/h3,5,7-15,19,23,31-33,36,38,51,64H,16-18,20-22,24-30,34-35,37H2,1-2H3,(H,63,65)(H,67,74)(H,66,73,75). The van der Waals surface area contributed by atoms with E-state index < -0.39 is 61.1 Å². The Labute approximate surface area is 484 Å². The summed E-state index contributed by atoms with van der Waals surface area (Å²) in [4.78, 5) is 91.7. The van der Waals surface area contributed by atoms with Gasteiger partial charge in [0.15, 0.2) is 0 Å². The van der Waals surface area contributed by atoms with Gasteiger partial charge in [0.2, 0.25) is 11.8 Å². The average Bonchev–Trinajstić information content (AvgIpc) is 2.62. The molecule has 5 aliphatic rings. The number of piperazine rings is 1. The summed E-state index contributed by atoms with van der Waals surface area (Å²) in [6.45, 7) is 10.5. The van der Waals surface area contributed by atoms with E-state index in [0.29, 0.717) is 61.3 Å². The zero-order valence-corrected chi connectivity index (χ0v) is 47.4. The van der Waals surface area contributed by atoms with Crippen molar-refractivity contribution >= 4 is 84.8 Å². The summed E-state index contributed by atoms with van der Waals surface area (Å²) in [5.74, 6) is 3.30. The molecule has 4 aliphatic heterocycles. The highest BCUT2D eigenvalue weighted by molar-refractivity contribution is 7.90. The van der Waals surface area contributed by atoms with Crippen molar-refractivity contribution in [2.45, 2.75) is 69.7 Å². The lowest BCUT2D eigenvalue weighted by atomic mass is 9.72. The molecule has 4 N–H and O–H groups in total. The van der Waals surface area contributed by atoms with Gasteiger partial charge in [-0.15, -0.1) is 0 Å². The molecule has 3 saturated heterocycles. The maximum atomic E-state index is 14.1. The normalized spacial score (nSPS) is 18.9. The number of hydrogen-bond acceptors (Lipinski definition) is 15. The first-order valence-corrected chi connectivity index (χ1v) is 29.6. The number of aromatic nitrogens is 2. The minimum absolute atomic E-state index is 0.0151. The third-order valence-electron chi connectivity index (χ3n) is 16.3. The minimum atomic E-state index is -4.66. The molecule has 20 nitrogen and oxygen atoms in total. The number of nitro groups is 1. The van der Waals surface area contributed by atoms with Gasteiger partial charge < -0.3 is 19.9 Å².